The van der Waals surface area contributed by atoms with Gasteiger partial charge in [0.05, 0.1) is 6.61 Å². The van der Waals surface area contributed by atoms with Gasteiger partial charge in [0, 0.05) is 12.6 Å². The number of ether oxygens (including phenoxy) is 1. The van der Waals surface area contributed by atoms with Gasteiger partial charge in [-0.15, -0.1) is 12.4 Å². The van der Waals surface area contributed by atoms with E-state index in [1.54, 1.807) is 0 Å². The Morgan fingerprint density at radius 1 is 1.15 bits per heavy atom. The number of fused-ring (bicyclic) bond motifs is 1. The Morgan fingerprint density at radius 3 is 2.50 bits per heavy atom. The van der Waals surface area contributed by atoms with Crippen LogP contribution in [0.1, 0.15) is 54.2 Å². The van der Waals surface area contributed by atoms with Crippen molar-refractivity contribution in [1.29, 1.82) is 0 Å². The molecular formula is C21H27ClN2O2. The lowest BCUT2D eigenvalue weighted by Gasteiger charge is -2.25. The highest BCUT2D eigenvalue weighted by molar-refractivity contribution is 5.85. The Kier molecular flexibility index (Phi) is 7.21. The normalized spacial score (nSPS) is 17.2. The maximum Gasteiger partial charge on any atom is 0.253 e. The van der Waals surface area contributed by atoms with Gasteiger partial charge in [0.1, 0.15) is 0 Å². The molecule has 3 rings (SSSR count). The Morgan fingerprint density at radius 2 is 1.81 bits per heavy atom. The van der Waals surface area contributed by atoms with Gasteiger partial charge in [-0.05, 0) is 34.6 Å². The lowest BCUT2D eigenvalue weighted by Crippen LogP contribution is -2.37. The van der Waals surface area contributed by atoms with Gasteiger partial charge in [0.2, 0.25) is 0 Å². The van der Waals surface area contributed by atoms with Crippen LogP contribution in [0.2, 0.25) is 0 Å². The van der Waals surface area contributed by atoms with Gasteiger partial charge in [-0.25, -0.2) is 0 Å². The summed E-state index contributed by atoms with van der Waals surface area (Å²) in [7, 11) is 0. The molecule has 2 atom stereocenters. The second-order valence-electron chi connectivity index (χ2n) is 6.87. The third kappa shape index (κ3) is 4.64. The van der Waals surface area contributed by atoms with E-state index in [4.69, 9.17) is 10.5 Å². The van der Waals surface area contributed by atoms with Crippen molar-refractivity contribution in [3.8, 4) is 0 Å². The maximum atomic E-state index is 12.5. The van der Waals surface area contributed by atoms with E-state index >= 15 is 0 Å². The van der Waals surface area contributed by atoms with Gasteiger partial charge in [0.25, 0.3) is 5.91 Å². The quantitative estimate of drug-likeness (QED) is 0.839. The number of rotatable bonds is 5. The Bertz CT molecular complexity index is 731. The third-order valence-electron chi connectivity index (χ3n) is 4.76. The highest BCUT2D eigenvalue weighted by Gasteiger charge is 2.27. The molecule has 0 radical (unpaired) electrons. The number of carbonyl (C=O) groups is 1. The molecule has 0 saturated heterocycles. The second kappa shape index (κ2) is 9.17. The van der Waals surface area contributed by atoms with E-state index in [1.807, 2.05) is 30.3 Å². The van der Waals surface area contributed by atoms with Gasteiger partial charge in [-0.3, -0.25) is 4.79 Å². The van der Waals surface area contributed by atoms with Crippen LogP contribution in [0.25, 0.3) is 0 Å². The number of carbonyl (C=O) groups excluding carboxylic acids is 1. The van der Waals surface area contributed by atoms with Crippen LogP contribution in [0.3, 0.4) is 0 Å². The molecule has 1 heterocycles. The van der Waals surface area contributed by atoms with Crippen LogP contribution >= 0.6 is 12.4 Å². The van der Waals surface area contributed by atoms with Crippen molar-refractivity contribution in [2.45, 2.75) is 38.3 Å². The molecule has 0 saturated carbocycles. The maximum absolute atomic E-state index is 12.5. The number of amides is 1. The minimum atomic E-state index is -0.541. The molecule has 0 bridgehead atoms. The fourth-order valence-electron chi connectivity index (χ4n) is 3.16. The molecular weight excluding hydrogens is 348 g/mol. The van der Waals surface area contributed by atoms with E-state index in [0.717, 1.165) is 17.5 Å². The largest absolute Gasteiger partial charge is 0.363 e. The van der Waals surface area contributed by atoms with Crippen LogP contribution in [-0.2, 0) is 16.0 Å². The number of nitrogens with one attached hydrogen (secondary N) is 1. The Hall–Kier alpha value is -1.88. The van der Waals surface area contributed by atoms with Gasteiger partial charge >= 0.3 is 0 Å². The molecule has 140 valence electrons. The topological polar surface area (TPSA) is 64.3 Å². The van der Waals surface area contributed by atoms with E-state index < -0.39 is 6.10 Å². The molecule has 1 aliphatic rings. The summed E-state index contributed by atoms with van der Waals surface area (Å²) in [6, 6.07) is 16.0. The van der Waals surface area contributed by atoms with Crippen LogP contribution < -0.4 is 11.1 Å². The van der Waals surface area contributed by atoms with Crippen LogP contribution in [0, 0.1) is 0 Å². The summed E-state index contributed by atoms with van der Waals surface area (Å²) >= 11 is 0. The zero-order chi connectivity index (χ0) is 17.8. The molecule has 5 heteroatoms. The molecule has 0 fully saturated rings. The van der Waals surface area contributed by atoms with Crippen molar-refractivity contribution in [2.75, 3.05) is 13.2 Å². The van der Waals surface area contributed by atoms with E-state index in [-0.39, 0.29) is 24.4 Å². The fraction of sp³-hybridized carbons (Fsp3) is 0.381. The van der Waals surface area contributed by atoms with Crippen LogP contribution in [0.15, 0.2) is 48.5 Å². The molecule has 0 spiro atoms. The number of nitrogens with two attached hydrogens (primary N) is 1. The smallest absolute Gasteiger partial charge is 0.253 e. The van der Waals surface area contributed by atoms with Crippen molar-refractivity contribution in [3.05, 3.63) is 70.8 Å². The first-order chi connectivity index (χ1) is 12.1. The zero-order valence-electron chi connectivity index (χ0n) is 15.3. The summed E-state index contributed by atoms with van der Waals surface area (Å²) in [5, 5.41) is 2.94. The predicted octanol–water partition coefficient (Wildman–Crippen LogP) is 3.66. The SMILES string of the molecule is CC(C)c1ccc(C(N)CNC(=O)C2OCCc3ccccc32)cc1.Cl. The number of benzene rings is 2. The van der Waals surface area contributed by atoms with Crippen LogP contribution in [0.5, 0.6) is 0 Å². The Labute approximate surface area is 161 Å². The first-order valence-corrected chi connectivity index (χ1v) is 8.89. The monoisotopic (exact) mass is 374 g/mol. The molecule has 0 aliphatic carbocycles. The average molecular weight is 375 g/mol. The average Bonchev–Trinajstić information content (AvgIpc) is 2.65. The van der Waals surface area contributed by atoms with Crippen molar-refractivity contribution < 1.29 is 9.53 Å². The first kappa shape index (κ1) is 20.4. The van der Waals surface area contributed by atoms with E-state index in [9.17, 15) is 4.79 Å². The Balaban J connectivity index is 0.00000243. The van der Waals surface area contributed by atoms with Gasteiger partial charge in [-0.2, -0.15) is 0 Å². The number of hydrogen-bond donors (Lipinski definition) is 2. The summed E-state index contributed by atoms with van der Waals surface area (Å²) in [6.07, 6.45) is 0.308. The number of halogens is 1. The van der Waals surface area contributed by atoms with Crippen LogP contribution in [-0.4, -0.2) is 19.1 Å². The van der Waals surface area contributed by atoms with Crippen molar-refractivity contribution in [2.24, 2.45) is 5.73 Å². The minimum Gasteiger partial charge on any atom is -0.363 e. The lowest BCUT2D eigenvalue weighted by molar-refractivity contribution is -0.134. The van der Waals surface area contributed by atoms with Crippen molar-refractivity contribution in [3.63, 3.8) is 0 Å². The molecule has 2 unspecified atom stereocenters. The highest BCUT2D eigenvalue weighted by Crippen LogP contribution is 2.27. The van der Waals surface area contributed by atoms with Crippen LogP contribution in [0.4, 0.5) is 0 Å². The first-order valence-electron chi connectivity index (χ1n) is 8.89. The molecule has 26 heavy (non-hydrogen) atoms. The second-order valence-corrected chi connectivity index (χ2v) is 6.87. The highest BCUT2D eigenvalue weighted by atomic mass is 35.5. The minimum absolute atomic E-state index is 0. The molecule has 1 aliphatic heterocycles. The zero-order valence-corrected chi connectivity index (χ0v) is 16.1. The van der Waals surface area contributed by atoms with Gasteiger partial charge < -0.3 is 15.8 Å². The predicted molar refractivity (Wildman–Crippen MR) is 107 cm³/mol. The summed E-state index contributed by atoms with van der Waals surface area (Å²) in [4.78, 5) is 12.5. The molecule has 2 aromatic rings. The van der Waals surface area contributed by atoms with Crippen molar-refractivity contribution in [1.82, 2.24) is 5.32 Å². The summed E-state index contributed by atoms with van der Waals surface area (Å²) in [6.45, 7) is 5.29. The standard InChI is InChI=1S/C21H26N2O2.ClH/c1-14(2)15-7-9-17(10-8-15)19(22)13-23-21(24)20-18-6-4-3-5-16(18)11-12-25-20;/h3-10,14,19-20H,11-13,22H2,1-2H3,(H,23,24);1H. The molecule has 0 aromatic heterocycles. The van der Waals surface area contributed by atoms with Crippen molar-refractivity contribution >= 4 is 18.3 Å². The lowest BCUT2D eigenvalue weighted by atomic mass is 9.97. The fourth-order valence-corrected chi connectivity index (χ4v) is 3.16. The molecule has 3 N–H and O–H groups in total. The summed E-state index contributed by atoms with van der Waals surface area (Å²) in [5.41, 5.74) is 10.7. The number of hydrogen-bond acceptors (Lipinski definition) is 3. The summed E-state index contributed by atoms with van der Waals surface area (Å²) < 4.78 is 5.69. The van der Waals surface area contributed by atoms with E-state index in [0.29, 0.717) is 19.1 Å². The van der Waals surface area contributed by atoms with Gasteiger partial charge in [-0.1, -0.05) is 62.4 Å². The summed E-state index contributed by atoms with van der Waals surface area (Å²) in [5.74, 6) is 0.370. The van der Waals surface area contributed by atoms with Gasteiger partial charge in [0.15, 0.2) is 6.10 Å². The van der Waals surface area contributed by atoms with E-state index in [2.05, 4.69) is 37.4 Å². The molecule has 4 nitrogen and oxygen atoms in total. The van der Waals surface area contributed by atoms with E-state index in [1.165, 1.54) is 11.1 Å². The molecule has 1 amide bonds. The molecule has 2 aromatic carbocycles. The third-order valence-corrected chi connectivity index (χ3v) is 4.76.